The lowest BCUT2D eigenvalue weighted by Gasteiger charge is -2.09. The zero-order valence-corrected chi connectivity index (χ0v) is 7.01. The molecule has 0 spiro atoms. The van der Waals surface area contributed by atoms with Crippen LogP contribution in [0.2, 0.25) is 0 Å². The normalized spacial score (nSPS) is 12.0. The molecule has 0 bridgehead atoms. The Labute approximate surface area is 73.4 Å². The smallest absolute Gasteiger partial charge is 0.244 e. The van der Waals surface area contributed by atoms with E-state index in [1.165, 1.54) is 11.3 Å². The molecule has 0 aliphatic heterocycles. The van der Waals surface area contributed by atoms with Crippen LogP contribution in [0.25, 0.3) is 0 Å². The van der Waals surface area contributed by atoms with Gasteiger partial charge in [-0.25, -0.2) is 0 Å². The van der Waals surface area contributed by atoms with Crippen molar-refractivity contribution in [2.45, 2.75) is 6.04 Å². The lowest BCUT2D eigenvalue weighted by Crippen LogP contribution is -2.32. The van der Waals surface area contributed by atoms with E-state index in [0.29, 0.717) is 6.41 Å². The van der Waals surface area contributed by atoms with Crippen molar-refractivity contribution in [3.63, 3.8) is 0 Å². The summed E-state index contributed by atoms with van der Waals surface area (Å²) in [6.45, 7) is 0. The van der Waals surface area contributed by atoms with Crippen molar-refractivity contribution in [2.24, 2.45) is 5.73 Å². The van der Waals surface area contributed by atoms with Crippen LogP contribution in [0.3, 0.4) is 0 Å². The summed E-state index contributed by atoms with van der Waals surface area (Å²) in [5, 5.41) is 5.92. The molecule has 1 unspecified atom stereocenters. The number of nitrogens with one attached hydrogen (secondary N) is 1. The van der Waals surface area contributed by atoms with E-state index in [4.69, 9.17) is 5.73 Å². The van der Waals surface area contributed by atoms with Gasteiger partial charge in [0, 0.05) is 0 Å². The van der Waals surface area contributed by atoms with Crippen LogP contribution >= 0.6 is 11.3 Å². The zero-order chi connectivity index (χ0) is 8.97. The van der Waals surface area contributed by atoms with Crippen LogP contribution in [0, 0.1) is 0 Å². The van der Waals surface area contributed by atoms with E-state index < -0.39 is 11.9 Å². The fraction of sp³-hybridized carbons (Fsp3) is 0.143. The minimum atomic E-state index is -0.700. The molecule has 1 aromatic rings. The Morgan fingerprint density at radius 3 is 2.92 bits per heavy atom. The summed E-state index contributed by atoms with van der Waals surface area (Å²) in [6, 6.07) is 1.05. The van der Waals surface area contributed by atoms with E-state index in [9.17, 15) is 9.59 Å². The maximum atomic E-state index is 10.8. The van der Waals surface area contributed by atoms with E-state index >= 15 is 0 Å². The second-order valence-corrected chi connectivity index (χ2v) is 2.96. The minimum absolute atomic E-state index is 0.465. The summed E-state index contributed by atoms with van der Waals surface area (Å²) in [5.41, 5.74) is 5.78. The molecule has 0 aromatic carbocycles. The number of thiophene rings is 1. The molecule has 0 fully saturated rings. The number of amides is 2. The Bertz CT molecular complexity index is 271. The van der Waals surface area contributed by atoms with Crippen LogP contribution in [-0.4, -0.2) is 12.3 Å². The molecule has 0 aliphatic carbocycles. The predicted octanol–water partition coefficient (Wildman–Crippen LogP) is 0.0205. The van der Waals surface area contributed by atoms with Gasteiger partial charge in [0.1, 0.15) is 6.04 Å². The van der Waals surface area contributed by atoms with E-state index in [1.54, 1.807) is 11.4 Å². The lowest BCUT2D eigenvalue weighted by molar-refractivity contribution is -0.122. The number of hydrogen-bond donors (Lipinski definition) is 2. The van der Waals surface area contributed by atoms with Gasteiger partial charge in [0.25, 0.3) is 0 Å². The highest BCUT2D eigenvalue weighted by Gasteiger charge is 2.16. The summed E-state index contributed by atoms with van der Waals surface area (Å²) in [4.78, 5) is 20.9. The Kier molecular flexibility index (Phi) is 2.82. The fourth-order valence-electron chi connectivity index (χ4n) is 0.850. The van der Waals surface area contributed by atoms with E-state index in [-0.39, 0.29) is 0 Å². The lowest BCUT2D eigenvalue weighted by atomic mass is 10.1. The number of rotatable bonds is 4. The van der Waals surface area contributed by atoms with Crippen LogP contribution in [0.5, 0.6) is 0 Å². The molecule has 1 atom stereocenters. The molecule has 0 aliphatic rings. The average Bonchev–Trinajstić information content (AvgIpc) is 2.51. The van der Waals surface area contributed by atoms with Gasteiger partial charge in [-0.1, -0.05) is 0 Å². The van der Waals surface area contributed by atoms with Gasteiger partial charge >= 0.3 is 0 Å². The van der Waals surface area contributed by atoms with Crippen molar-refractivity contribution in [3.05, 3.63) is 22.4 Å². The molecule has 0 saturated carbocycles. The fourth-order valence-corrected chi connectivity index (χ4v) is 1.54. The molecule has 0 radical (unpaired) electrons. The topological polar surface area (TPSA) is 72.2 Å². The molecule has 1 rings (SSSR count). The van der Waals surface area contributed by atoms with Gasteiger partial charge in [-0.3, -0.25) is 9.59 Å². The van der Waals surface area contributed by atoms with Crippen LogP contribution in [0.15, 0.2) is 16.8 Å². The Morgan fingerprint density at radius 2 is 2.50 bits per heavy atom. The molecule has 0 saturated heterocycles. The molecular weight excluding hydrogens is 176 g/mol. The average molecular weight is 184 g/mol. The summed E-state index contributed by atoms with van der Waals surface area (Å²) in [7, 11) is 0. The Hall–Kier alpha value is -1.36. The standard InChI is InChI=1S/C7H8N2O2S/c8-7(11)6(9-4-10)5-1-2-12-3-5/h1-4,6H,(H2,8,11)(H,9,10). The van der Waals surface area contributed by atoms with Crippen molar-refractivity contribution < 1.29 is 9.59 Å². The molecule has 1 heterocycles. The van der Waals surface area contributed by atoms with Crippen LogP contribution in [0.1, 0.15) is 11.6 Å². The van der Waals surface area contributed by atoms with Crippen molar-refractivity contribution >= 4 is 23.7 Å². The first-order chi connectivity index (χ1) is 5.75. The number of carbonyl (C=O) groups excluding carboxylic acids is 2. The molecule has 64 valence electrons. The zero-order valence-electron chi connectivity index (χ0n) is 6.19. The van der Waals surface area contributed by atoms with E-state index in [0.717, 1.165) is 5.56 Å². The van der Waals surface area contributed by atoms with Crippen molar-refractivity contribution in [2.75, 3.05) is 0 Å². The molecule has 2 amide bonds. The van der Waals surface area contributed by atoms with Crippen LogP contribution in [0.4, 0.5) is 0 Å². The Balaban J connectivity index is 2.80. The maximum Gasteiger partial charge on any atom is 0.244 e. The first kappa shape index (κ1) is 8.73. The third-order valence-corrected chi connectivity index (χ3v) is 2.10. The minimum Gasteiger partial charge on any atom is -0.368 e. The number of carbonyl (C=O) groups is 2. The molecule has 4 nitrogen and oxygen atoms in total. The molecule has 12 heavy (non-hydrogen) atoms. The largest absolute Gasteiger partial charge is 0.368 e. The Morgan fingerprint density at radius 1 is 1.75 bits per heavy atom. The highest BCUT2D eigenvalue weighted by Crippen LogP contribution is 2.14. The summed E-state index contributed by atoms with van der Waals surface area (Å²) < 4.78 is 0. The second-order valence-electron chi connectivity index (χ2n) is 2.18. The summed E-state index contributed by atoms with van der Waals surface area (Å²) in [6.07, 6.45) is 0.465. The molecule has 5 heteroatoms. The third kappa shape index (κ3) is 1.82. The second kappa shape index (κ2) is 3.87. The van der Waals surface area contributed by atoms with Crippen molar-refractivity contribution in [1.29, 1.82) is 0 Å². The monoisotopic (exact) mass is 184 g/mol. The van der Waals surface area contributed by atoms with Gasteiger partial charge in [-0.2, -0.15) is 11.3 Å². The molecule has 1 aromatic heterocycles. The van der Waals surface area contributed by atoms with Gasteiger partial charge < -0.3 is 11.1 Å². The number of nitrogens with two attached hydrogens (primary N) is 1. The van der Waals surface area contributed by atoms with Crippen LogP contribution in [-0.2, 0) is 9.59 Å². The van der Waals surface area contributed by atoms with Crippen molar-refractivity contribution in [1.82, 2.24) is 5.32 Å². The predicted molar refractivity (Wildman–Crippen MR) is 45.5 cm³/mol. The van der Waals surface area contributed by atoms with Gasteiger partial charge in [0.05, 0.1) is 0 Å². The number of hydrogen-bond acceptors (Lipinski definition) is 3. The highest BCUT2D eigenvalue weighted by molar-refractivity contribution is 7.08. The molecule has 3 N–H and O–H groups in total. The van der Waals surface area contributed by atoms with E-state index in [1.807, 2.05) is 5.38 Å². The summed E-state index contributed by atoms with van der Waals surface area (Å²) >= 11 is 1.45. The molecular formula is C7H8N2O2S. The van der Waals surface area contributed by atoms with Crippen molar-refractivity contribution in [3.8, 4) is 0 Å². The first-order valence-electron chi connectivity index (χ1n) is 3.27. The summed E-state index contributed by atoms with van der Waals surface area (Å²) in [5.74, 6) is -0.555. The first-order valence-corrected chi connectivity index (χ1v) is 4.21. The third-order valence-electron chi connectivity index (χ3n) is 1.40. The number of primary amides is 1. The van der Waals surface area contributed by atoms with E-state index in [2.05, 4.69) is 5.32 Å². The van der Waals surface area contributed by atoms with Gasteiger partial charge in [-0.15, -0.1) is 0 Å². The maximum absolute atomic E-state index is 10.8. The SMILES string of the molecule is NC(=O)C(NC=O)c1ccsc1. The van der Waals surface area contributed by atoms with Crippen LogP contribution < -0.4 is 11.1 Å². The quantitative estimate of drug-likeness (QED) is 0.647. The highest BCUT2D eigenvalue weighted by atomic mass is 32.1. The van der Waals surface area contributed by atoms with Gasteiger partial charge in [0.15, 0.2) is 0 Å². The van der Waals surface area contributed by atoms with Gasteiger partial charge in [0.2, 0.25) is 12.3 Å². The van der Waals surface area contributed by atoms with Gasteiger partial charge in [-0.05, 0) is 22.4 Å².